The van der Waals surface area contributed by atoms with Crippen molar-refractivity contribution >= 4 is 22.7 Å². The van der Waals surface area contributed by atoms with Gasteiger partial charge in [0, 0.05) is 17.4 Å². The van der Waals surface area contributed by atoms with Crippen molar-refractivity contribution in [2.45, 2.75) is 19.8 Å². The molecule has 0 amide bonds. The first-order chi connectivity index (χ1) is 12.2. The molecule has 0 spiro atoms. The molecule has 1 heterocycles. The Bertz CT molecular complexity index is 903. The van der Waals surface area contributed by atoms with E-state index in [9.17, 15) is 9.59 Å². The zero-order valence-electron chi connectivity index (χ0n) is 14.1. The van der Waals surface area contributed by atoms with Gasteiger partial charge in [-0.05, 0) is 24.6 Å². The van der Waals surface area contributed by atoms with Crippen molar-refractivity contribution in [3.05, 3.63) is 66.2 Å². The lowest BCUT2D eigenvalue weighted by Crippen LogP contribution is -2.13. The topological polar surface area (TPSA) is 56.3 Å². The van der Waals surface area contributed by atoms with E-state index in [-0.39, 0.29) is 25.2 Å². The summed E-state index contributed by atoms with van der Waals surface area (Å²) in [6.07, 6.45) is -0.0210. The normalized spacial score (nSPS) is 10.6. The molecule has 1 aromatic heterocycles. The first-order valence-electron chi connectivity index (χ1n) is 8.28. The quantitative estimate of drug-likeness (QED) is 0.506. The predicted molar refractivity (Wildman–Crippen MR) is 97.1 cm³/mol. The molecule has 3 aromatic rings. The van der Waals surface area contributed by atoms with Gasteiger partial charge in [-0.2, -0.15) is 0 Å². The Morgan fingerprint density at radius 2 is 1.72 bits per heavy atom. The van der Waals surface area contributed by atoms with Gasteiger partial charge in [0.1, 0.15) is 12.2 Å². The number of para-hydroxylation sites is 1. The number of hydrogen-bond donors (Lipinski definition) is 0. The number of benzene rings is 2. The number of carbonyl (C=O) groups excluding carboxylic acids is 2. The average Bonchev–Trinajstić information content (AvgIpc) is 2.62. The number of hydrogen-bond acceptors (Lipinski definition) is 4. The average molecular weight is 333 g/mol. The van der Waals surface area contributed by atoms with Crippen LogP contribution in [0.2, 0.25) is 0 Å². The van der Waals surface area contributed by atoms with E-state index in [1.165, 1.54) is 0 Å². The summed E-state index contributed by atoms with van der Waals surface area (Å²) in [6, 6.07) is 19.5. The van der Waals surface area contributed by atoms with E-state index in [1.54, 1.807) is 6.92 Å². The molecule has 3 rings (SSSR count). The third kappa shape index (κ3) is 4.10. The van der Waals surface area contributed by atoms with Gasteiger partial charge >= 0.3 is 5.97 Å². The highest BCUT2D eigenvalue weighted by atomic mass is 16.5. The van der Waals surface area contributed by atoms with Gasteiger partial charge in [0.2, 0.25) is 0 Å². The van der Waals surface area contributed by atoms with E-state index in [2.05, 4.69) is 0 Å². The first-order valence-corrected chi connectivity index (χ1v) is 8.28. The van der Waals surface area contributed by atoms with Crippen molar-refractivity contribution in [2.24, 2.45) is 0 Å². The van der Waals surface area contributed by atoms with Gasteiger partial charge in [-0.1, -0.05) is 48.5 Å². The molecule has 0 aliphatic heterocycles. The number of rotatable bonds is 6. The smallest absolute Gasteiger partial charge is 0.313 e. The Labute approximate surface area is 146 Å². The molecular formula is C21H19NO3. The molecule has 4 heteroatoms. The number of aromatic nitrogens is 1. The van der Waals surface area contributed by atoms with Crippen LogP contribution >= 0.6 is 0 Å². The largest absolute Gasteiger partial charge is 0.466 e. The van der Waals surface area contributed by atoms with Crippen LogP contribution < -0.4 is 0 Å². The summed E-state index contributed by atoms with van der Waals surface area (Å²) in [4.78, 5) is 28.5. The molecule has 0 atom stereocenters. The van der Waals surface area contributed by atoms with Crippen LogP contribution in [0.4, 0.5) is 0 Å². The summed E-state index contributed by atoms with van der Waals surface area (Å²) < 4.78 is 4.86. The van der Waals surface area contributed by atoms with Crippen LogP contribution in [0.3, 0.4) is 0 Å². The highest BCUT2D eigenvalue weighted by Gasteiger charge is 2.14. The van der Waals surface area contributed by atoms with E-state index in [0.717, 1.165) is 27.7 Å². The lowest BCUT2D eigenvalue weighted by molar-refractivity contribution is -0.145. The molecule has 25 heavy (non-hydrogen) atoms. The molecular weight excluding hydrogens is 314 g/mol. The van der Waals surface area contributed by atoms with Crippen LogP contribution in [0.1, 0.15) is 18.9 Å². The Hall–Kier alpha value is -3.01. The van der Waals surface area contributed by atoms with Gasteiger partial charge in [-0.15, -0.1) is 0 Å². The van der Waals surface area contributed by atoms with E-state index >= 15 is 0 Å². The fourth-order valence-corrected chi connectivity index (χ4v) is 2.80. The number of pyridine rings is 1. The van der Waals surface area contributed by atoms with Crippen LogP contribution in [0.25, 0.3) is 22.2 Å². The van der Waals surface area contributed by atoms with Crippen molar-refractivity contribution in [3.8, 4) is 11.3 Å². The van der Waals surface area contributed by atoms with Crippen molar-refractivity contribution < 1.29 is 14.3 Å². The van der Waals surface area contributed by atoms with Crippen LogP contribution in [0, 0.1) is 0 Å². The van der Waals surface area contributed by atoms with Crippen LogP contribution in [0.5, 0.6) is 0 Å². The van der Waals surface area contributed by atoms with Crippen LogP contribution in [-0.4, -0.2) is 23.3 Å². The number of ketones is 1. The third-order valence-electron chi connectivity index (χ3n) is 3.91. The standard InChI is InChI=1S/C21H19NO3/c1-2-25-21(24)14-17(23)12-16-13-20(15-8-4-3-5-9-15)22-19-11-7-6-10-18(16)19/h3-11,13H,2,12,14H2,1H3. The molecule has 0 saturated carbocycles. The van der Waals surface area contributed by atoms with Gasteiger partial charge in [0.15, 0.2) is 0 Å². The summed E-state index contributed by atoms with van der Waals surface area (Å²) in [7, 11) is 0. The summed E-state index contributed by atoms with van der Waals surface area (Å²) in [5.74, 6) is -0.636. The maximum Gasteiger partial charge on any atom is 0.313 e. The monoisotopic (exact) mass is 333 g/mol. The molecule has 0 aliphatic rings. The molecule has 0 unspecified atom stereocenters. The number of Topliss-reactive ketones (excluding diaryl/α,β-unsaturated/α-hetero) is 1. The van der Waals surface area contributed by atoms with Gasteiger partial charge in [-0.25, -0.2) is 4.98 Å². The lowest BCUT2D eigenvalue weighted by atomic mass is 9.99. The number of ether oxygens (including phenoxy) is 1. The Balaban J connectivity index is 1.96. The van der Waals surface area contributed by atoms with Crippen molar-refractivity contribution in [3.63, 3.8) is 0 Å². The van der Waals surface area contributed by atoms with Gasteiger partial charge in [0.25, 0.3) is 0 Å². The summed E-state index contributed by atoms with van der Waals surface area (Å²) in [5.41, 5.74) is 3.52. The zero-order valence-corrected chi connectivity index (χ0v) is 14.1. The van der Waals surface area contributed by atoms with Gasteiger partial charge < -0.3 is 4.74 Å². The molecule has 0 fully saturated rings. The SMILES string of the molecule is CCOC(=O)CC(=O)Cc1cc(-c2ccccc2)nc2ccccc12. The Morgan fingerprint density at radius 1 is 1.00 bits per heavy atom. The predicted octanol–water partition coefficient (Wildman–Crippen LogP) is 3.97. The van der Waals surface area contributed by atoms with Crippen LogP contribution in [0.15, 0.2) is 60.7 Å². The third-order valence-corrected chi connectivity index (χ3v) is 3.91. The summed E-state index contributed by atoms with van der Waals surface area (Å²) >= 11 is 0. The van der Waals surface area contributed by atoms with Crippen LogP contribution in [-0.2, 0) is 20.7 Å². The second kappa shape index (κ2) is 7.71. The van der Waals surface area contributed by atoms with E-state index in [4.69, 9.17) is 9.72 Å². The fraction of sp³-hybridized carbons (Fsp3) is 0.190. The molecule has 126 valence electrons. The number of carbonyl (C=O) groups is 2. The first kappa shape index (κ1) is 16.8. The molecule has 4 nitrogen and oxygen atoms in total. The Morgan fingerprint density at radius 3 is 2.48 bits per heavy atom. The maximum absolute atomic E-state index is 12.3. The minimum atomic E-state index is -0.478. The van der Waals surface area contributed by atoms with E-state index < -0.39 is 5.97 Å². The highest BCUT2D eigenvalue weighted by molar-refractivity contribution is 5.98. The second-order valence-electron chi connectivity index (χ2n) is 5.75. The van der Waals surface area contributed by atoms with E-state index in [1.807, 2.05) is 60.7 Å². The molecule has 0 N–H and O–H groups in total. The Kier molecular flexibility index (Phi) is 5.19. The molecule has 0 bridgehead atoms. The molecule has 0 aliphatic carbocycles. The molecule has 0 radical (unpaired) electrons. The molecule has 0 saturated heterocycles. The summed E-state index contributed by atoms with van der Waals surface area (Å²) in [5, 5.41) is 0.930. The van der Waals surface area contributed by atoms with Gasteiger partial charge in [0.05, 0.1) is 17.8 Å². The number of nitrogens with zero attached hydrogens (tertiary/aromatic N) is 1. The number of fused-ring (bicyclic) bond motifs is 1. The van der Waals surface area contributed by atoms with Crippen molar-refractivity contribution in [1.82, 2.24) is 4.98 Å². The van der Waals surface area contributed by atoms with Gasteiger partial charge in [-0.3, -0.25) is 9.59 Å². The highest BCUT2D eigenvalue weighted by Crippen LogP contribution is 2.25. The lowest BCUT2D eigenvalue weighted by Gasteiger charge is -2.09. The molecule has 2 aromatic carbocycles. The zero-order chi connectivity index (χ0) is 17.6. The van der Waals surface area contributed by atoms with E-state index in [0.29, 0.717) is 0 Å². The summed E-state index contributed by atoms with van der Waals surface area (Å²) in [6.45, 7) is 2.01. The fourth-order valence-electron chi connectivity index (χ4n) is 2.80. The van der Waals surface area contributed by atoms with Crippen molar-refractivity contribution in [1.29, 1.82) is 0 Å². The minimum absolute atomic E-state index is 0.159. The maximum atomic E-state index is 12.3. The minimum Gasteiger partial charge on any atom is -0.466 e. The van der Waals surface area contributed by atoms with Crippen molar-refractivity contribution in [2.75, 3.05) is 6.61 Å². The second-order valence-corrected chi connectivity index (χ2v) is 5.75. The number of esters is 1.